The number of phosphoric ester groups is 1. The lowest BCUT2D eigenvalue weighted by Crippen LogP contribution is -2.67. The van der Waals surface area contributed by atoms with Crippen LogP contribution in [0.5, 0.6) is 0 Å². The number of carbonyl (C=O) groups excluding carboxylic acids is 1. The molecule has 0 aromatic heterocycles. The van der Waals surface area contributed by atoms with Gasteiger partial charge in [-0.05, 0) is 12.8 Å². The standard InChI is InChI=1S/C56H110NO18P/c1-3-5-7-9-11-13-15-17-18-19-20-21-22-23-24-25-26-28-30-32-34-36-38-43(60)55(69)57-41(45(61)42(59)37-35-33-31-29-27-16-14-12-10-8-6-4-2)40-72-76(70,71)75-54-51(67)49(65)48(64)50(66)53(54)74-56-52(68)47(63)46(62)44(39-58)73-56/h41-54,56,58-68H,3-40H2,1-2H3,(H,57,69)(H,70,71)/t41-,42+,43?,44+,45-,46+,47?,48?,49?,50+,51?,52?,53?,54-,56+/m0/s1. The van der Waals surface area contributed by atoms with Gasteiger partial charge in [0, 0.05) is 0 Å². The van der Waals surface area contributed by atoms with Crippen LogP contribution >= 0.6 is 7.82 Å². The van der Waals surface area contributed by atoms with E-state index in [0.29, 0.717) is 12.8 Å². The molecule has 1 saturated heterocycles. The number of rotatable bonds is 48. The van der Waals surface area contributed by atoms with Crippen molar-refractivity contribution in [3.63, 3.8) is 0 Å². The first-order chi connectivity index (χ1) is 36.5. The summed E-state index contributed by atoms with van der Waals surface area (Å²) in [6.07, 6.45) is 13.1. The van der Waals surface area contributed by atoms with Crippen molar-refractivity contribution in [2.45, 2.75) is 337 Å². The van der Waals surface area contributed by atoms with Crippen LogP contribution in [0.4, 0.5) is 0 Å². The van der Waals surface area contributed by atoms with Crippen LogP contribution in [0.2, 0.25) is 0 Å². The van der Waals surface area contributed by atoms with Crippen LogP contribution in [0.25, 0.3) is 0 Å². The van der Waals surface area contributed by atoms with E-state index in [1.807, 2.05) is 0 Å². The molecule has 2 aliphatic rings. The SMILES string of the molecule is CCCCCCCCCCCCCCCCCCCCCCCCC(O)C(=O)N[C@@H](COP(=O)(O)O[C@H]1C(O)C(O)C(O)[C@@H](O)C1O[C@H]1O[C@H](CO)[C@@H](O)C(O)C1O)[C@H](O)[C@H](O)CCCCCCCCCCCCCC. The number of carbonyl (C=O) groups is 1. The molecule has 1 aliphatic heterocycles. The predicted octanol–water partition coefficient (Wildman–Crippen LogP) is 6.78. The second-order valence-corrected chi connectivity index (χ2v) is 23.6. The molecule has 0 aromatic rings. The molecule has 1 amide bonds. The zero-order valence-corrected chi connectivity index (χ0v) is 47.7. The number of phosphoric acid groups is 1. The van der Waals surface area contributed by atoms with Crippen molar-refractivity contribution in [3.05, 3.63) is 0 Å². The summed E-state index contributed by atoms with van der Waals surface area (Å²) in [5.41, 5.74) is 0. The summed E-state index contributed by atoms with van der Waals surface area (Å²) in [4.78, 5) is 24.3. The largest absolute Gasteiger partial charge is 0.472 e. The molecule has 2 rings (SSSR count). The molecule has 19 nitrogen and oxygen atoms in total. The molecule has 1 heterocycles. The minimum atomic E-state index is -5.49. The summed E-state index contributed by atoms with van der Waals surface area (Å²) in [6.45, 7) is 2.60. The maximum absolute atomic E-state index is 13.6. The molecular formula is C56H110NO18P. The van der Waals surface area contributed by atoms with Crippen LogP contribution in [0.3, 0.4) is 0 Å². The van der Waals surface area contributed by atoms with E-state index in [1.54, 1.807) is 0 Å². The number of amides is 1. The van der Waals surface area contributed by atoms with E-state index in [0.717, 1.165) is 57.8 Å². The van der Waals surface area contributed by atoms with Crippen molar-refractivity contribution in [2.24, 2.45) is 0 Å². The number of hydrogen-bond acceptors (Lipinski definition) is 17. The van der Waals surface area contributed by atoms with Crippen LogP contribution in [-0.4, -0.2) is 172 Å². The molecule has 2 fully saturated rings. The Morgan fingerprint density at radius 3 is 1.25 bits per heavy atom. The molecule has 0 spiro atoms. The monoisotopic (exact) mass is 1120 g/mol. The van der Waals surface area contributed by atoms with E-state index in [9.17, 15) is 70.4 Å². The van der Waals surface area contributed by atoms with Crippen LogP contribution in [-0.2, 0) is 27.9 Å². The van der Waals surface area contributed by atoms with E-state index in [1.165, 1.54) is 148 Å². The van der Waals surface area contributed by atoms with E-state index in [2.05, 4.69) is 19.2 Å². The zero-order valence-electron chi connectivity index (χ0n) is 46.8. The van der Waals surface area contributed by atoms with Crippen molar-refractivity contribution >= 4 is 13.7 Å². The Morgan fingerprint density at radius 1 is 0.500 bits per heavy atom. The topological polar surface area (TPSA) is 326 Å². The van der Waals surface area contributed by atoms with E-state index >= 15 is 0 Å². The van der Waals surface area contributed by atoms with Gasteiger partial charge >= 0.3 is 7.82 Å². The molecule has 8 unspecified atom stereocenters. The molecule has 1 saturated carbocycles. The third kappa shape index (κ3) is 29.2. The number of aliphatic hydroxyl groups is 11. The first kappa shape index (κ1) is 71.2. The summed E-state index contributed by atoms with van der Waals surface area (Å²) >= 11 is 0. The van der Waals surface area contributed by atoms with E-state index < -0.39 is 119 Å². The Kier molecular flexibility index (Phi) is 40.1. The van der Waals surface area contributed by atoms with Crippen molar-refractivity contribution < 1.29 is 88.9 Å². The number of aliphatic hydroxyl groups excluding tert-OH is 11. The maximum atomic E-state index is 13.6. The van der Waals surface area contributed by atoms with Crippen LogP contribution < -0.4 is 5.32 Å². The summed E-state index contributed by atoms with van der Waals surface area (Å²) in [6, 6.07) is -1.58. The van der Waals surface area contributed by atoms with Gasteiger partial charge in [0.05, 0.1) is 25.4 Å². The van der Waals surface area contributed by atoms with Crippen molar-refractivity contribution in [3.8, 4) is 0 Å². The van der Waals surface area contributed by atoms with Gasteiger partial charge in [-0.15, -0.1) is 0 Å². The number of unbranched alkanes of at least 4 members (excludes halogenated alkanes) is 32. The Labute approximate surface area is 456 Å². The van der Waals surface area contributed by atoms with Crippen LogP contribution in [0.1, 0.15) is 245 Å². The first-order valence-electron chi connectivity index (χ1n) is 30.2. The molecule has 1 aliphatic carbocycles. The summed E-state index contributed by atoms with van der Waals surface area (Å²) in [5.74, 6) is -0.918. The van der Waals surface area contributed by atoms with Gasteiger partial charge < -0.3 is 75.9 Å². The lowest BCUT2D eigenvalue weighted by molar-refractivity contribution is -0.338. The van der Waals surface area contributed by atoms with Crippen LogP contribution in [0.15, 0.2) is 0 Å². The molecule has 13 N–H and O–H groups in total. The van der Waals surface area contributed by atoms with Crippen LogP contribution in [0, 0.1) is 0 Å². The molecule has 16 atom stereocenters. The molecule has 20 heteroatoms. The van der Waals surface area contributed by atoms with Gasteiger partial charge in [0.25, 0.3) is 0 Å². The third-order valence-electron chi connectivity index (χ3n) is 15.5. The fraction of sp³-hybridized carbons (Fsp3) is 0.982. The van der Waals surface area contributed by atoms with Gasteiger partial charge in [-0.2, -0.15) is 0 Å². The lowest BCUT2D eigenvalue weighted by Gasteiger charge is -2.47. The van der Waals surface area contributed by atoms with Crippen molar-refractivity contribution in [2.75, 3.05) is 13.2 Å². The average Bonchev–Trinajstić information content (AvgIpc) is 3.40. The fourth-order valence-corrected chi connectivity index (χ4v) is 11.3. The minimum absolute atomic E-state index is 0.101. The Morgan fingerprint density at radius 2 is 0.855 bits per heavy atom. The summed E-state index contributed by atoms with van der Waals surface area (Å²) in [7, 11) is -5.49. The van der Waals surface area contributed by atoms with Crippen molar-refractivity contribution in [1.29, 1.82) is 0 Å². The minimum Gasteiger partial charge on any atom is -0.394 e. The predicted molar refractivity (Wildman–Crippen MR) is 291 cm³/mol. The third-order valence-corrected chi connectivity index (χ3v) is 16.5. The highest BCUT2D eigenvalue weighted by Gasteiger charge is 2.55. The fourth-order valence-electron chi connectivity index (χ4n) is 10.4. The second kappa shape index (κ2) is 42.8. The highest BCUT2D eigenvalue weighted by molar-refractivity contribution is 7.47. The average molecular weight is 1120 g/mol. The maximum Gasteiger partial charge on any atom is 0.472 e. The summed E-state index contributed by atoms with van der Waals surface area (Å²) < 4.78 is 34.8. The molecule has 0 aromatic carbocycles. The summed E-state index contributed by atoms with van der Waals surface area (Å²) in [5, 5.41) is 119. The molecular weight excluding hydrogens is 1010 g/mol. The molecule has 0 radical (unpaired) electrons. The van der Waals surface area contributed by atoms with Gasteiger partial charge in [0.1, 0.15) is 73.2 Å². The van der Waals surface area contributed by atoms with Gasteiger partial charge in [-0.3, -0.25) is 13.8 Å². The quantitative estimate of drug-likeness (QED) is 0.0220. The first-order valence-corrected chi connectivity index (χ1v) is 31.7. The lowest BCUT2D eigenvalue weighted by atomic mass is 9.84. The zero-order chi connectivity index (χ0) is 56.1. The van der Waals surface area contributed by atoms with Gasteiger partial charge in [0.15, 0.2) is 6.29 Å². The molecule has 452 valence electrons. The van der Waals surface area contributed by atoms with Gasteiger partial charge in [-0.1, -0.05) is 232 Å². The highest BCUT2D eigenvalue weighted by atomic mass is 31.2. The van der Waals surface area contributed by atoms with Gasteiger partial charge in [-0.25, -0.2) is 4.57 Å². The highest BCUT2D eigenvalue weighted by Crippen LogP contribution is 2.48. The number of ether oxygens (including phenoxy) is 2. The number of hydrogen-bond donors (Lipinski definition) is 13. The van der Waals surface area contributed by atoms with Gasteiger partial charge in [0.2, 0.25) is 5.91 Å². The normalized spacial score (nSPS) is 27.5. The Bertz CT molecular complexity index is 1460. The smallest absolute Gasteiger partial charge is 0.394 e. The second-order valence-electron chi connectivity index (χ2n) is 22.2. The number of nitrogens with one attached hydrogen (secondary N) is 1. The Hall–Kier alpha value is -0.940. The van der Waals surface area contributed by atoms with E-state index in [-0.39, 0.29) is 12.8 Å². The molecule has 76 heavy (non-hydrogen) atoms. The Balaban J connectivity index is 1.90. The molecule has 0 bridgehead atoms. The van der Waals surface area contributed by atoms with Crippen molar-refractivity contribution in [1.82, 2.24) is 5.32 Å². The van der Waals surface area contributed by atoms with E-state index in [4.69, 9.17) is 18.5 Å².